The van der Waals surface area contributed by atoms with Gasteiger partial charge in [0, 0.05) is 28.7 Å². The van der Waals surface area contributed by atoms with Crippen LogP contribution in [0.5, 0.6) is 11.5 Å². The van der Waals surface area contributed by atoms with Crippen LogP contribution in [0.2, 0.25) is 0 Å². The topological polar surface area (TPSA) is 80.4 Å². The molecule has 1 aliphatic rings. The number of halogens is 1. The molecule has 1 aromatic heterocycles. The molecular formula is C20H23BrN2O4. The number of nitrogens with one attached hydrogen (secondary N) is 2. The van der Waals surface area contributed by atoms with E-state index in [0.29, 0.717) is 42.1 Å². The molecule has 1 amide bonds. The summed E-state index contributed by atoms with van der Waals surface area (Å²) in [5.41, 5.74) is 3.83. The van der Waals surface area contributed by atoms with Crippen LogP contribution in [0.4, 0.5) is 0 Å². The molecule has 1 aliphatic carbocycles. The summed E-state index contributed by atoms with van der Waals surface area (Å²) in [6.07, 6.45) is 2.83. The van der Waals surface area contributed by atoms with Crippen LogP contribution in [0.15, 0.2) is 16.6 Å². The van der Waals surface area contributed by atoms with E-state index in [4.69, 9.17) is 9.47 Å². The van der Waals surface area contributed by atoms with Crippen LogP contribution in [0.25, 0.3) is 0 Å². The minimum Gasteiger partial charge on any atom is -0.493 e. The van der Waals surface area contributed by atoms with Gasteiger partial charge in [0.15, 0.2) is 17.3 Å². The quantitative estimate of drug-likeness (QED) is 0.727. The summed E-state index contributed by atoms with van der Waals surface area (Å²) >= 11 is 3.53. The second-order valence-electron chi connectivity index (χ2n) is 6.56. The Morgan fingerprint density at radius 1 is 1.22 bits per heavy atom. The number of rotatable bonds is 6. The molecule has 0 atom stereocenters. The van der Waals surface area contributed by atoms with Gasteiger partial charge in [0.25, 0.3) is 5.91 Å². The Kier molecular flexibility index (Phi) is 5.89. The van der Waals surface area contributed by atoms with E-state index >= 15 is 0 Å². The summed E-state index contributed by atoms with van der Waals surface area (Å²) in [4.78, 5) is 27.8. The van der Waals surface area contributed by atoms with Crippen LogP contribution in [0, 0.1) is 6.92 Å². The Bertz CT molecular complexity index is 889. The van der Waals surface area contributed by atoms with Crippen molar-refractivity contribution < 1.29 is 19.1 Å². The molecule has 1 heterocycles. The summed E-state index contributed by atoms with van der Waals surface area (Å²) < 4.78 is 11.5. The predicted octanol–water partition coefficient (Wildman–Crippen LogP) is 3.59. The lowest BCUT2D eigenvalue weighted by atomic mass is 9.94. The number of aromatic nitrogens is 1. The van der Waals surface area contributed by atoms with E-state index < -0.39 is 0 Å². The van der Waals surface area contributed by atoms with Crippen molar-refractivity contribution >= 4 is 27.6 Å². The molecule has 144 valence electrons. The highest BCUT2D eigenvalue weighted by atomic mass is 79.9. The summed E-state index contributed by atoms with van der Waals surface area (Å²) in [6, 6.07) is 3.75. The first-order chi connectivity index (χ1) is 13.0. The smallest absolute Gasteiger partial charge is 0.268 e. The molecule has 3 rings (SSSR count). The largest absolute Gasteiger partial charge is 0.493 e. The first-order valence-corrected chi connectivity index (χ1v) is 9.68. The number of carbonyl (C=O) groups is 2. The maximum atomic E-state index is 12.6. The Hall–Kier alpha value is -2.28. The zero-order chi connectivity index (χ0) is 19.6. The number of methoxy groups -OCH3 is 2. The first kappa shape index (κ1) is 19.5. The van der Waals surface area contributed by atoms with Gasteiger partial charge < -0.3 is 19.8 Å². The number of ketones is 1. The van der Waals surface area contributed by atoms with Crippen molar-refractivity contribution in [2.45, 2.75) is 32.6 Å². The minimum absolute atomic E-state index is 0.123. The van der Waals surface area contributed by atoms with Crippen LogP contribution in [-0.2, 0) is 12.8 Å². The summed E-state index contributed by atoms with van der Waals surface area (Å²) in [5.74, 6) is 1.23. The second-order valence-corrected chi connectivity index (χ2v) is 7.41. The van der Waals surface area contributed by atoms with E-state index in [2.05, 4.69) is 26.2 Å². The molecule has 0 unspecified atom stereocenters. The maximum absolute atomic E-state index is 12.6. The van der Waals surface area contributed by atoms with Crippen molar-refractivity contribution in [3.8, 4) is 11.5 Å². The van der Waals surface area contributed by atoms with E-state index in [1.165, 1.54) is 0 Å². The molecule has 27 heavy (non-hydrogen) atoms. The fraction of sp³-hybridized carbons (Fsp3) is 0.400. The van der Waals surface area contributed by atoms with Crippen molar-refractivity contribution in [3.63, 3.8) is 0 Å². The van der Waals surface area contributed by atoms with E-state index in [1.807, 2.05) is 19.1 Å². The van der Waals surface area contributed by atoms with Gasteiger partial charge in [0.1, 0.15) is 5.69 Å². The van der Waals surface area contributed by atoms with E-state index in [0.717, 1.165) is 34.1 Å². The Balaban J connectivity index is 1.68. The third kappa shape index (κ3) is 3.88. The Labute approximate surface area is 166 Å². The van der Waals surface area contributed by atoms with E-state index in [-0.39, 0.29) is 11.7 Å². The Morgan fingerprint density at radius 2 is 1.93 bits per heavy atom. The molecule has 1 aromatic carbocycles. The zero-order valence-corrected chi connectivity index (χ0v) is 17.3. The third-order valence-electron chi connectivity index (χ3n) is 4.90. The van der Waals surface area contributed by atoms with Crippen molar-refractivity contribution in [3.05, 3.63) is 44.7 Å². The number of benzene rings is 1. The van der Waals surface area contributed by atoms with Crippen molar-refractivity contribution in [2.75, 3.05) is 20.8 Å². The lowest BCUT2D eigenvalue weighted by molar-refractivity contribution is 0.0948. The monoisotopic (exact) mass is 434 g/mol. The fourth-order valence-corrected chi connectivity index (χ4v) is 4.01. The summed E-state index contributed by atoms with van der Waals surface area (Å²) in [5, 5.41) is 2.93. The molecule has 0 fully saturated rings. The summed E-state index contributed by atoms with van der Waals surface area (Å²) in [7, 11) is 3.18. The average Bonchev–Trinajstić information content (AvgIpc) is 3.00. The predicted molar refractivity (Wildman–Crippen MR) is 106 cm³/mol. The van der Waals surface area contributed by atoms with Crippen LogP contribution >= 0.6 is 15.9 Å². The molecule has 7 heteroatoms. The molecule has 6 nitrogen and oxygen atoms in total. The highest BCUT2D eigenvalue weighted by Crippen LogP contribution is 2.33. The van der Waals surface area contributed by atoms with Crippen LogP contribution in [-0.4, -0.2) is 37.4 Å². The van der Waals surface area contributed by atoms with Gasteiger partial charge in [0.05, 0.1) is 14.2 Å². The minimum atomic E-state index is -0.189. The molecule has 0 spiro atoms. The molecular weight excluding hydrogens is 412 g/mol. The van der Waals surface area contributed by atoms with Gasteiger partial charge in [-0.15, -0.1) is 0 Å². The van der Waals surface area contributed by atoms with Crippen LogP contribution in [0.1, 0.15) is 50.5 Å². The van der Waals surface area contributed by atoms with E-state index in [9.17, 15) is 9.59 Å². The molecule has 0 saturated carbocycles. The third-order valence-corrected chi connectivity index (χ3v) is 5.63. The SMILES string of the molecule is COc1cc(Br)c(CCNC(=O)c2[nH]c3c(c2C)C(=O)CCC3)cc1OC. The highest BCUT2D eigenvalue weighted by molar-refractivity contribution is 9.10. The van der Waals surface area contributed by atoms with Gasteiger partial charge in [-0.25, -0.2) is 0 Å². The lowest BCUT2D eigenvalue weighted by Gasteiger charge is -2.12. The first-order valence-electron chi connectivity index (χ1n) is 8.89. The van der Waals surface area contributed by atoms with Gasteiger partial charge in [-0.05, 0) is 49.4 Å². The van der Waals surface area contributed by atoms with Gasteiger partial charge in [-0.1, -0.05) is 15.9 Å². The van der Waals surface area contributed by atoms with Crippen molar-refractivity contribution in [1.29, 1.82) is 0 Å². The highest BCUT2D eigenvalue weighted by Gasteiger charge is 2.26. The fourth-order valence-electron chi connectivity index (χ4n) is 3.49. The lowest BCUT2D eigenvalue weighted by Crippen LogP contribution is -2.26. The van der Waals surface area contributed by atoms with E-state index in [1.54, 1.807) is 14.2 Å². The number of hydrogen-bond donors (Lipinski definition) is 2. The van der Waals surface area contributed by atoms with Crippen molar-refractivity contribution in [2.24, 2.45) is 0 Å². The molecule has 0 saturated heterocycles. The number of aryl methyl sites for hydroxylation is 1. The van der Waals surface area contributed by atoms with Gasteiger partial charge >= 0.3 is 0 Å². The number of hydrogen-bond acceptors (Lipinski definition) is 4. The number of carbonyl (C=O) groups excluding carboxylic acids is 2. The molecule has 2 N–H and O–H groups in total. The normalized spacial score (nSPS) is 13.3. The van der Waals surface area contributed by atoms with Gasteiger partial charge in [-0.3, -0.25) is 9.59 Å². The van der Waals surface area contributed by atoms with Crippen molar-refractivity contribution in [1.82, 2.24) is 10.3 Å². The van der Waals surface area contributed by atoms with Crippen LogP contribution < -0.4 is 14.8 Å². The van der Waals surface area contributed by atoms with Crippen LogP contribution in [0.3, 0.4) is 0 Å². The molecule has 0 bridgehead atoms. The molecule has 0 radical (unpaired) electrons. The second kappa shape index (κ2) is 8.17. The number of ether oxygens (including phenoxy) is 2. The standard InChI is InChI=1S/C20H23BrN2O4/c1-11-18-14(5-4-6-15(18)24)23-19(11)20(25)22-8-7-12-9-16(26-2)17(27-3)10-13(12)21/h9-10,23H,4-8H2,1-3H3,(H,22,25). The average molecular weight is 435 g/mol. The Morgan fingerprint density at radius 3 is 2.59 bits per heavy atom. The number of amides is 1. The summed E-state index contributed by atoms with van der Waals surface area (Å²) in [6.45, 7) is 2.29. The molecule has 2 aromatic rings. The van der Waals surface area contributed by atoms with Gasteiger partial charge in [-0.2, -0.15) is 0 Å². The zero-order valence-electron chi connectivity index (χ0n) is 15.7. The number of H-pyrrole nitrogens is 1. The maximum Gasteiger partial charge on any atom is 0.268 e. The number of Topliss-reactive ketones (excluding diaryl/α,β-unsaturated/α-hetero) is 1. The molecule has 0 aliphatic heterocycles. The number of aromatic amines is 1. The number of fused-ring (bicyclic) bond motifs is 1. The van der Waals surface area contributed by atoms with Gasteiger partial charge in [0.2, 0.25) is 0 Å².